The van der Waals surface area contributed by atoms with Crippen LogP contribution in [-0.2, 0) is 9.59 Å². The average molecular weight is 329 g/mol. The summed E-state index contributed by atoms with van der Waals surface area (Å²) in [6.45, 7) is 5.74. The second-order valence-corrected chi connectivity index (χ2v) is 7.14. The van der Waals surface area contributed by atoms with Crippen molar-refractivity contribution < 1.29 is 9.59 Å². The van der Waals surface area contributed by atoms with E-state index in [0.29, 0.717) is 22.2 Å². The summed E-state index contributed by atoms with van der Waals surface area (Å²) < 4.78 is 0. The second-order valence-electron chi connectivity index (χ2n) is 6.30. The van der Waals surface area contributed by atoms with E-state index in [1.54, 1.807) is 18.2 Å². The van der Waals surface area contributed by atoms with Gasteiger partial charge in [-0.25, -0.2) is 0 Å². The van der Waals surface area contributed by atoms with E-state index < -0.39 is 0 Å². The number of nitrogens with one attached hydrogen (secondary N) is 2. The quantitative estimate of drug-likeness (QED) is 0.892. The summed E-state index contributed by atoms with van der Waals surface area (Å²) in [6.07, 6.45) is 0.568. The molecule has 1 aliphatic carbocycles. The third kappa shape index (κ3) is 4.35. The molecular formula is C15H18Cl2N2O2. The van der Waals surface area contributed by atoms with Crippen molar-refractivity contribution in [2.75, 3.05) is 5.32 Å². The van der Waals surface area contributed by atoms with E-state index in [1.807, 2.05) is 20.8 Å². The molecule has 1 fully saturated rings. The Hall–Kier alpha value is -1.26. The zero-order valence-corrected chi connectivity index (χ0v) is 13.7. The minimum Gasteiger partial charge on any atom is -0.351 e. The summed E-state index contributed by atoms with van der Waals surface area (Å²) in [7, 11) is 0. The number of rotatable bonds is 3. The first-order valence-electron chi connectivity index (χ1n) is 6.75. The molecule has 0 radical (unpaired) electrons. The van der Waals surface area contributed by atoms with Gasteiger partial charge in [-0.1, -0.05) is 23.2 Å². The van der Waals surface area contributed by atoms with Gasteiger partial charge < -0.3 is 10.6 Å². The topological polar surface area (TPSA) is 58.2 Å². The molecular weight excluding hydrogens is 311 g/mol. The Labute approximate surface area is 134 Å². The number of hydrogen-bond donors (Lipinski definition) is 2. The molecule has 2 unspecified atom stereocenters. The van der Waals surface area contributed by atoms with Crippen molar-refractivity contribution in [3.63, 3.8) is 0 Å². The highest BCUT2D eigenvalue weighted by molar-refractivity contribution is 6.36. The van der Waals surface area contributed by atoms with Crippen LogP contribution in [0.4, 0.5) is 5.69 Å². The molecule has 1 aromatic carbocycles. The Morgan fingerprint density at radius 3 is 2.33 bits per heavy atom. The Morgan fingerprint density at radius 1 is 1.14 bits per heavy atom. The third-order valence-corrected chi connectivity index (χ3v) is 3.70. The summed E-state index contributed by atoms with van der Waals surface area (Å²) in [5.74, 6) is -0.812. The zero-order valence-electron chi connectivity index (χ0n) is 12.2. The van der Waals surface area contributed by atoms with Crippen molar-refractivity contribution in [2.45, 2.75) is 32.7 Å². The van der Waals surface area contributed by atoms with Crippen LogP contribution in [0.5, 0.6) is 0 Å². The van der Waals surface area contributed by atoms with Gasteiger partial charge in [-0.15, -0.1) is 0 Å². The van der Waals surface area contributed by atoms with Gasteiger partial charge in [-0.2, -0.15) is 0 Å². The number of amides is 2. The molecule has 2 amide bonds. The Balaban J connectivity index is 1.93. The average Bonchev–Trinajstić information content (AvgIpc) is 3.10. The highest BCUT2D eigenvalue weighted by Gasteiger charge is 2.48. The molecule has 4 nitrogen and oxygen atoms in total. The predicted molar refractivity (Wildman–Crippen MR) is 84.6 cm³/mol. The first kappa shape index (κ1) is 16.1. The van der Waals surface area contributed by atoms with Crippen LogP contribution in [0.1, 0.15) is 27.2 Å². The fraction of sp³-hybridized carbons (Fsp3) is 0.467. The Bertz CT molecular complexity index is 582. The first-order valence-corrected chi connectivity index (χ1v) is 7.51. The minimum atomic E-state index is -0.293. The van der Waals surface area contributed by atoms with Crippen LogP contribution in [-0.4, -0.2) is 17.4 Å². The van der Waals surface area contributed by atoms with Crippen LogP contribution in [0.25, 0.3) is 0 Å². The van der Waals surface area contributed by atoms with Gasteiger partial charge >= 0.3 is 0 Å². The molecule has 0 bridgehead atoms. The molecule has 114 valence electrons. The van der Waals surface area contributed by atoms with E-state index in [1.165, 1.54) is 0 Å². The zero-order chi connectivity index (χ0) is 15.8. The maximum Gasteiger partial charge on any atom is 0.228 e. The predicted octanol–water partition coefficient (Wildman–Crippen LogP) is 3.48. The Kier molecular flexibility index (Phi) is 4.49. The van der Waals surface area contributed by atoms with Crippen molar-refractivity contribution in [1.29, 1.82) is 0 Å². The molecule has 2 N–H and O–H groups in total. The maximum atomic E-state index is 12.1. The van der Waals surface area contributed by atoms with Crippen molar-refractivity contribution in [3.8, 4) is 0 Å². The normalized spacial score (nSPS) is 20.8. The smallest absolute Gasteiger partial charge is 0.228 e. The molecule has 0 saturated heterocycles. The summed E-state index contributed by atoms with van der Waals surface area (Å²) >= 11 is 11.8. The molecule has 2 rings (SSSR count). The van der Waals surface area contributed by atoms with Gasteiger partial charge in [0, 0.05) is 10.6 Å². The van der Waals surface area contributed by atoms with Crippen LogP contribution in [0.3, 0.4) is 0 Å². The number of anilines is 1. The van der Waals surface area contributed by atoms with Gasteiger partial charge in [0.1, 0.15) is 0 Å². The number of benzene rings is 1. The fourth-order valence-electron chi connectivity index (χ4n) is 2.05. The summed E-state index contributed by atoms with van der Waals surface area (Å²) in [4.78, 5) is 24.1. The maximum absolute atomic E-state index is 12.1. The lowest BCUT2D eigenvalue weighted by atomic mass is 10.1. The van der Waals surface area contributed by atoms with E-state index in [4.69, 9.17) is 23.2 Å². The second kappa shape index (κ2) is 5.85. The minimum absolute atomic E-state index is 0.0788. The molecule has 1 saturated carbocycles. The van der Waals surface area contributed by atoms with Gasteiger partial charge in [0.2, 0.25) is 11.8 Å². The van der Waals surface area contributed by atoms with Gasteiger partial charge in [-0.3, -0.25) is 9.59 Å². The molecule has 1 aliphatic rings. The molecule has 0 aromatic heterocycles. The number of carbonyl (C=O) groups is 2. The van der Waals surface area contributed by atoms with Crippen LogP contribution >= 0.6 is 23.2 Å². The molecule has 0 heterocycles. The van der Waals surface area contributed by atoms with Crippen LogP contribution < -0.4 is 10.6 Å². The molecule has 21 heavy (non-hydrogen) atoms. The van der Waals surface area contributed by atoms with E-state index in [-0.39, 0.29) is 29.2 Å². The summed E-state index contributed by atoms with van der Waals surface area (Å²) in [5.41, 5.74) is 0.216. The highest BCUT2D eigenvalue weighted by Crippen LogP contribution is 2.40. The van der Waals surface area contributed by atoms with Gasteiger partial charge in [-0.05, 0) is 45.4 Å². The van der Waals surface area contributed by atoms with Crippen LogP contribution in [0.2, 0.25) is 10.0 Å². The largest absolute Gasteiger partial charge is 0.351 e. The lowest BCUT2D eigenvalue weighted by Gasteiger charge is -2.20. The van der Waals surface area contributed by atoms with Crippen LogP contribution in [0.15, 0.2) is 18.2 Å². The van der Waals surface area contributed by atoms with E-state index >= 15 is 0 Å². The summed E-state index contributed by atoms with van der Waals surface area (Å²) in [5, 5.41) is 6.51. The van der Waals surface area contributed by atoms with Gasteiger partial charge in [0.25, 0.3) is 0 Å². The van der Waals surface area contributed by atoms with E-state index in [2.05, 4.69) is 10.6 Å². The van der Waals surface area contributed by atoms with Crippen molar-refractivity contribution in [2.24, 2.45) is 11.8 Å². The number of hydrogen-bond acceptors (Lipinski definition) is 2. The monoisotopic (exact) mass is 328 g/mol. The van der Waals surface area contributed by atoms with E-state index in [0.717, 1.165) is 0 Å². The fourth-order valence-corrected chi connectivity index (χ4v) is 2.51. The van der Waals surface area contributed by atoms with Crippen molar-refractivity contribution in [1.82, 2.24) is 5.32 Å². The molecule has 0 aliphatic heterocycles. The molecule has 1 aromatic rings. The first-order chi connectivity index (χ1) is 9.67. The Morgan fingerprint density at radius 2 is 1.76 bits per heavy atom. The van der Waals surface area contributed by atoms with Gasteiger partial charge in [0.15, 0.2) is 0 Å². The molecule has 0 spiro atoms. The highest BCUT2D eigenvalue weighted by atomic mass is 35.5. The third-order valence-electron chi connectivity index (χ3n) is 3.15. The number of carbonyl (C=O) groups excluding carboxylic acids is 2. The van der Waals surface area contributed by atoms with Crippen molar-refractivity contribution in [3.05, 3.63) is 28.2 Å². The lowest BCUT2D eigenvalue weighted by Crippen LogP contribution is -2.42. The molecule has 2 atom stereocenters. The SMILES string of the molecule is CC(C)(C)NC(=O)C1CC1C(=O)Nc1ccc(Cl)cc1Cl. The standard InChI is InChI=1S/C15H18Cl2N2O2/c1-15(2,3)19-14(21)10-7-9(10)13(20)18-12-5-4-8(16)6-11(12)17/h4-6,9-10H,7H2,1-3H3,(H,18,20)(H,19,21). The summed E-state index contributed by atoms with van der Waals surface area (Å²) in [6, 6.07) is 4.87. The molecule has 6 heteroatoms. The van der Waals surface area contributed by atoms with Gasteiger partial charge in [0.05, 0.1) is 22.5 Å². The van der Waals surface area contributed by atoms with Crippen molar-refractivity contribution >= 4 is 40.7 Å². The number of halogens is 2. The van der Waals surface area contributed by atoms with E-state index in [9.17, 15) is 9.59 Å². The lowest BCUT2D eigenvalue weighted by molar-refractivity contribution is -0.126. The van der Waals surface area contributed by atoms with Crippen LogP contribution in [0, 0.1) is 11.8 Å².